The Hall–Kier alpha value is -7.82. The highest BCUT2D eigenvalue weighted by atomic mass is 16.3. The Morgan fingerprint density at radius 3 is 1.78 bits per heavy atom. The Labute approximate surface area is 370 Å². The van der Waals surface area contributed by atoms with Gasteiger partial charge >= 0.3 is 0 Å². The van der Waals surface area contributed by atoms with Gasteiger partial charge in [-0.1, -0.05) is 153 Å². The summed E-state index contributed by atoms with van der Waals surface area (Å²) in [5, 5.41) is 11.7. The summed E-state index contributed by atoms with van der Waals surface area (Å²) in [6.45, 7) is 7.84. The molecule has 0 bridgehead atoms. The van der Waals surface area contributed by atoms with Gasteiger partial charge in [-0.2, -0.15) is 0 Å². The number of aromatic nitrogens is 3. The molecule has 0 spiro atoms. The third-order valence-corrected chi connectivity index (χ3v) is 12.0. The molecule has 0 unspecified atom stereocenters. The second kappa shape index (κ2) is 16.6. The van der Waals surface area contributed by atoms with Gasteiger partial charge in [-0.05, 0) is 141 Å². The summed E-state index contributed by atoms with van der Waals surface area (Å²) in [7, 11) is 0. The molecule has 0 aliphatic carbocycles. The van der Waals surface area contributed by atoms with E-state index in [1.807, 2.05) is 76.4 Å². The summed E-state index contributed by atoms with van der Waals surface area (Å²) in [4.78, 5) is 10.4. The van der Waals surface area contributed by atoms with E-state index in [1.165, 1.54) is 11.1 Å². The fourth-order valence-corrected chi connectivity index (χ4v) is 8.84. The Bertz CT molecular complexity index is 3310. The van der Waals surface area contributed by atoms with E-state index in [0.717, 1.165) is 89.2 Å². The van der Waals surface area contributed by atoms with Gasteiger partial charge in [0, 0.05) is 24.4 Å². The highest BCUT2D eigenvalue weighted by Crippen LogP contribution is 2.42. The van der Waals surface area contributed by atoms with E-state index in [9.17, 15) is 6.48 Å². The minimum absolute atomic E-state index is 0.194. The molecule has 4 heteroatoms. The number of aromatic hydroxyl groups is 1. The van der Waals surface area contributed by atoms with Gasteiger partial charge in [0.1, 0.15) is 11.6 Å². The monoisotopic (exact) mass is 814 g/mol. The van der Waals surface area contributed by atoms with Crippen LogP contribution in [0.5, 0.6) is 5.75 Å². The molecule has 304 valence electrons. The first-order chi connectivity index (χ1) is 31.1. The minimum Gasteiger partial charge on any atom is -0.507 e. The fourth-order valence-electron chi connectivity index (χ4n) is 8.84. The smallest absolute Gasteiger partial charge is 0.149 e. The van der Waals surface area contributed by atoms with Crippen LogP contribution in [0.3, 0.4) is 0 Å². The van der Waals surface area contributed by atoms with Gasteiger partial charge in [0.05, 0.1) is 22.3 Å². The molecule has 8 aromatic carbocycles. The maximum Gasteiger partial charge on any atom is 0.149 e. The van der Waals surface area contributed by atoms with Gasteiger partial charge in [0.15, 0.2) is 0 Å². The van der Waals surface area contributed by atoms with Gasteiger partial charge in [-0.15, -0.1) is 0 Å². The molecule has 0 fully saturated rings. The van der Waals surface area contributed by atoms with Crippen LogP contribution in [-0.2, 0) is 0 Å². The van der Waals surface area contributed by atoms with Crippen LogP contribution < -0.4 is 0 Å². The lowest BCUT2D eigenvalue weighted by molar-refractivity contribution is 0.472. The number of hydrogen-bond donors (Lipinski definition) is 1. The standard InChI is InChI=1S/C59H47N3O/c1-38(2)53-37-50(27-28-51(53)45-19-12-7-13-20-45)62-56-22-14-21-52(57(56)61-59(62)54-32-39(3)31-40(4)58(54)63)48-33-47(42-17-10-6-11-18-42)34-49(35-48)55-36-46(29-30-60-55)44-25-23-43(24-26-44)41-15-8-5-9-16-41/h5-38,63H,1-4H3/i38D. The number of phenolic OH excluding ortho intramolecular Hbond substituents is 1. The highest BCUT2D eigenvalue weighted by Gasteiger charge is 2.23. The van der Waals surface area contributed by atoms with Crippen LogP contribution in [0, 0.1) is 13.8 Å². The molecular weight excluding hydrogens is 767 g/mol. The second-order valence-corrected chi connectivity index (χ2v) is 16.6. The summed E-state index contributed by atoms with van der Waals surface area (Å²) in [5.41, 5.74) is 18.5. The first-order valence-electron chi connectivity index (χ1n) is 21.9. The summed E-state index contributed by atoms with van der Waals surface area (Å²) in [6, 6.07) is 67.5. The van der Waals surface area contributed by atoms with Gasteiger partial charge in [0.25, 0.3) is 0 Å². The molecule has 4 nitrogen and oxygen atoms in total. The molecule has 1 N–H and O–H groups in total. The molecule has 2 heterocycles. The molecule has 0 amide bonds. The van der Waals surface area contributed by atoms with E-state index < -0.39 is 5.89 Å². The average Bonchev–Trinajstić information content (AvgIpc) is 3.73. The zero-order valence-corrected chi connectivity index (χ0v) is 35.8. The summed E-state index contributed by atoms with van der Waals surface area (Å²) >= 11 is 0. The van der Waals surface area contributed by atoms with Gasteiger partial charge in [-0.25, -0.2) is 4.98 Å². The van der Waals surface area contributed by atoms with Crippen molar-refractivity contribution in [2.75, 3.05) is 0 Å². The lowest BCUT2D eigenvalue weighted by atomic mass is 9.92. The van der Waals surface area contributed by atoms with Gasteiger partial charge in [-0.3, -0.25) is 9.55 Å². The summed E-state index contributed by atoms with van der Waals surface area (Å²) in [6.07, 6.45) is 1.89. The van der Waals surface area contributed by atoms with E-state index in [2.05, 4.69) is 156 Å². The first-order valence-corrected chi connectivity index (χ1v) is 21.4. The van der Waals surface area contributed by atoms with Crippen molar-refractivity contribution in [1.29, 1.82) is 0 Å². The van der Waals surface area contributed by atoms with Crippen LogP contribution in [0.1, 0.15) is 37.8 Å². The van der Waals surface area contributed by atoms with Gasteiger partial charge < -0.3 is 5.11 Å². The van der Waals surface area contributed by atoms with Crippen LogP contribution in [-0.4, -0.2) is 19.6 Å². The van der Waals surface area contributed by atoms with E-state index in [4.69, 9.17) is 9.97 Å². The third kappa shape index (κ3) is 7.62. The predicted octanol–water partition coefficient (Wildman–Crippen LogP) is 15.5. The molecule has 63 heavy (non-hydrogen) atoms. The largest absolute Gasteiger partial charge is 0.507 e. The molecule has 0 saturated carbocycles. The number of phenols is 1. The van der Waals surface area contributed by atoms with Crippen LogP contribution in [0.25, 0.3) is 95.0 Å². The summed E-state index contributed by atoms with van der Waals surface area (Å²) in [5.74, 6) is -0.0874. The van der Waals surface area contributed by atoms with E-state index in [0.29, 0.717) is 11.4 Å². The topological polar surface area (TPSA) is 50.9 Å². The maximum absolute atomic E-state index is 11.7. The third-order valence-electron chi connectivity index (χ3n) is 12.0. The quantitative estimate of drug-likeness (QED) is 0.158. The number of nitrogens with zero attached hydrogens (tertiary/aromatic N) is 3. The predicted molar refractivity (Wildman–Crippen MR) is 262 cm³/mol. The Morgan fingerprint density at radius 2 is 1.10 bits per heavy atom. The van der Waals surface area contributed by atoms with Crippen molar-refractivity contribution in [3.05, 3.63) is 217 Å². The fraction of sp³-hybridized carbons (Fsp3) is 0.0847. The molecule has 0 atom stereocenters. The molecule has 10 rings (SSSR count). The number of fused-ring (bicyclic) bond motifs is 1. The highest BCUT2D eigenvalue weighted by molar-refractivity contribution is 5.98. The number of benzene rings is 8. The molecular formula is C59H47N3O. The second-order valence-electron chi connectivity index (χ2n) is 16.6. The minimum atomic E-state index is -0.907. The van der Waals surface area contributed by atoms with Crippen molar-refractivity contribution in [1.82, 2.24) is 14.5 Å². The zero-order valence-electron chi connectivity index (χ0n) is 36.8. The van der Waals surface area contributed by atoms with Crippen molar-refractivity contribution in [3.8, 4) is 89.7 Å². The van der Waals surface area contributed by atoms with Crippen LogP contribution in [0.15, 0.2) is 200 Å². The number of aryl methyl sites for hydroxylation is 2. The number of imidazole rings is 1. The van der Waals surface area contributed by atoms with Crippen molar-refractivity contribution < 1.29 is 6.48 Å². The zero-order chi connectivity index (χ0) is 44.0. The normalized spacial score (nSPS) is 11.8. The molecule has 0 saturated heterocycles. The molecule has 0 aliphatic rings. The van der Waals surface area contributed by atoms with Crippen LogP contribution in [0.4, 0.5) is 0 Å². The number of rotatable bonds is 9. The first kappa shape index (κ1) is 38.1. The van der Waals surface area contributed by atoms with Crippen molar-refractivity contribution >= 4 is 11.0 Å². The lowest BCUT2D eigenvalue weighted by Gasteiger charge is -2.18. The van der Waals surface area contributed by atoms with E-state index >= 15 is 0 Å². The van der Waals surface area contributed by atoms with Crippen LogP contribution >= 0.6 is 0 Å². The van der Waals surface area contributed by atoms with Crippen molar-refractivity contribution in [3.63, 3.8) is 0 Å². The van der Waals surface area contributed by atoms with Crippen molar-refractivity contribution in [2.24, 2.45) is 0 Å². The lowest BCUT2D eigenvalue weighted by Crippen LogP contribution is -2.02. The number of para-hydroxylation sites is 1. The Morgan fingerprint density at radius 1 is 0.492 bits per heavy atom. The Kier molecular flexibility index (Phi) is 10.0. The number of pyridine rings is 1. The SMILES string of the molecule is [2H]C(C)(C)c1cc(-n2c(-c3cc(C)cc(C)c3O)nc3c(-c4cc(-c5ccccc5)cc(-c5cc(-c6ccc(-c7ccccc7)cc6)ccn5)c4)cccc32)ccc1-c1ccccc1. The van der Waals surface area contributed by atoms with E-state index in [-0.39, 0.29) is 5.75 Å². The van der Waals surface area contributed by atoms with E-state index in [1.54, 1.807) is 0 Å². The van der Waals surface area contributed by atoms with Gasteiger partial charge in [0.2, 0.25) is 0 Å². The number of hydrogen-bond acceptors (Lipinski definition) is 3. The molecule has 2 aromatic heterocycles. The molecule has 0 radical (unpaired) electrons. The Balaban J connectivity index is 1.17. The molecule has 0 aliphatic heterocycles. The molecule has 10 aromatic rings. The maximum atomic E-state index is 11.7. The van der Waals surface area contributed by atoms with Crippen LogP contribution in [0.2, 0.25) is 0 Å². The average molecular weight is 815 g/mol. The summed E-state index contributed by atoms with van der Waals surface area (Å²) < 4.78 is 11.5. The van der Waals surface area contributed by atoms with Crippen molar-refractivity contribution in [2.45, 2.75) is 33.6 Å².